The predicted octanol–water partition coefficient (Wildman–Crippen LogP) is 3.86. The molecule has 1 heterocycles. The third-order valence-corrected chi connectivity index (χ3v) is 5.04. The predicted molar refractivity (Wildman–Crippen MR) is 110 cm³/mol. The first-order valence-corrected chi connectivity index (χ1v) is 9.85. The van der Waals surface area contributed by atoms with Crippen molar-refractivity contribution >= 4 is 17.9 Å². The lowest BCUT2D eigenvalue weighted by Crippen LogP contribution is -2.42. The minimum Gasteiger partial charge on any atom is -0.434 e. The maximum atomic E-state index is 12.5. The highest BCUT2D eigenvalue weighted by molar-refractivity contribution is 5.92. The fourth-order valence-electron chi connectivity index (χ4n) is 3.39. The summed E-state index contributed by atoms with van der Waals surface area (Å²) in [5.41, 5.74) is 1.45. The number of halogens is 2. The lowest BCUT2D eigenvalue weighted by Gasteiger charge is -2.30. The van der Waals surface area contributed by atoms with Crippen molar-refractivity contribution in [3.8, 4) is 5.75 Å². The fraction of sp³-hybridized carbons (Fsp3) is 0.304. The van der Waals surface area contributed by atoms with E-state index >= 15 is 0 Å². The average molecular weight is 414 g/mol. The quantitative estimate of drug-likeness (QED) is 0.700. The van der Waals surface area contributed by atoms with Gasteiger partial charge >= 0.3 is 6.61 Å². The number of hydrogen-bond acceptors (Lipinski definition) is 3. The van der Waals surface area contributed by atoms with Crippen LogP contribution in [-0.2, 0) is 16.1 Å². The first-order chi connectivity index (χ1) is 14.5. The summed E-state index contributed by atoms with van der Waals surface area (Å²) in [5, 5.41) is 2.79. The number of rotatable bonds is 7. The summed E-state index contributed by atoms with van der Waals surface area (Å²) >= 11 is 0. The number of carbonyl (C=O) groups is 2. The molecule has 1 aliphatic heterocycles. The molecule has 0 aromatic heterocycles. The molecule has 7 heteroatoms. The standard InChI is InChI=1S/C23H24F2N2O3/c24-23(25)30-20-9-5-4-8-19(20)16-26-22(29)18-12-14-27(15-13-18)21(28)11-10-17-6-2-1-3-7-17/h1-11,18,23H,12-16H2,(H,26,29)/b11-10+. The molecule has 0 bridgehead atoms. The Labute approximate surface area is 174 Å². The van der Waals surface area contributed by atoms with Crippen molar-refractivity contribution < 1.29 is 23.1 Å². The Morgan fingerprint density at radius 1 is 1.07 bits per heavy atom. The summed E-state index contributed by atoms with van der Waals surface area (Å²) in [6.07, 6.45) is 4.45. The van der Waals surface area contributed by atoms with Gasteiger partial charge in [-0.15, -0.1) is 0 Å². The summed E-state index contributed by atoms with van der Waals surface area (Å²) in [6.45, 7) is -1.80. The Kier molecular flexibility index (Phi) is 7.54. The molecule has 30 heavy (non-hydrogen) atoms. The Morgan fingerprint density at radius 2 is 1.73 bits per heavy atom. The van der Waals surface area contributed by atoms with Crippen molar-refractivity contribution in [2.75, 3.05) is 13.1 Å². The molecular formula is C23H24F2N2O3. The van der Waals surface area contributed by atoms with Gasteiger partial charge in [0.05, 0.1) is 0 Å². The smallest absolute Gasteiger partial charge is 0.387 e. The van der Waals surface area contributed by atoms with Crippen molar-refractivity contribution in [1.29, 1.82) is 0 Å². The number of piperidine rings is 1. The van der Waals surface area contributed by atoms with Crippen LogP contribution in [0.5, 0.6) is 5.75 Å². The van der Waals surface area contributed by atoms with Crippen LogP contribution in [0.25, 0.3) is 6.08 Å². The topological polar surface area (TPSA) is 58.6 Å². The van der Waals surface area contributed by atoms with E-state index in [1.165, 1.54) is 6.07 Å². The highest BCUT2D eigenvalue weighted by atomic mass is 19.3. The molecule has 2 aromatic rings. The maximum absolute atomic E-state index is 12.5. The highest BCUT2D eigenvalue weighted by Gasteiger charge is 2.26. The molecule has 158 valence electrons. The molecule has 0 spiro atoms. The zero-order chi connectivity index (χ0) is 21.3. The summed E-state index contributed by atoms with van der Waals surface area (Å²) in [7, 11) is 0. The molecule has 0 aliphatic carbocycles. The number of alkyl halides is 2. The van der Waals surface area contributed by atoms with E-state index in [1.54, 1.807) is 35.3 Å². The van der Waals surface area contributed by atoms with Crippen LogP contribution in [-0.4, -0.2) is 36.4 Å². The minimum atomic E-state index is -2.92. The Hall–Kier alpha value is -3.22. The van der Waals surface area contributed by atoms with Gasteiger partial charge in [-0.3, -0.25) is 9.59 Å². The Morgan fingerprint density at radius 3 is 2.43 bits per heavy atom. The van der Waals surface area contributed by atoms with Gasteiger partial charge in [-0.25, -0.2) is 0 Å². The van der Waals surface area contributed by atoms with Crippen LogP contribution in [0, 0.1) is 5.92 Å². The van der Waals surface area contributed by atoms with Gasteiger partial charge in [0.15, 0.2) is 0 Å². The number of ether oxygens (including phenoxy) is 1. The van der Waals surface area contributed by atoms with E-state index in [0.29, 0.717) is 31.5 Å². The molecule has 0 radical (unpaired) electrons. The SMILES string of the molecule is O=C(NCc1ccccc1OC(F)F)C1CCN(C(=O)/C=C/c2ccccc2)CC1. The molecule has 5 nitrogen and oxygen atoms in total. The van der Waals surface area contributed by atoms with Crippen molar-refractivity contribution in [3.05, 3.63) is 71.8 Å². The second-order valence-corrected chi connectivity index (χ2v) is 7.05. The molecule has 0 unspecified atom stereocenters. The second kappa shape index (κ2) is 10.5. The normalized spacial score (nSPS) is 14.8. The third kappa shape index (κ3) is 6.14. The Balaban J connectivity index is 1.46. The van der Waals surface area contributed by atoms with Crippen molar-refractivity contribution in [3.63, 3.8) is 0 Å². The monoisotopic (exact) mass is 414 g/mol. The molecule has 2 aromatic carbocycles. The van der Waals surface area contributed by atoms with Crippen LogP contribution in [0.2, 0.25) is 0 Å². The average Bonchev–Trinajstić information content (AvgIpc) is 2.77. The van der Waals surface area contributed by atoms with Crippen molar-refractivity contribution in [2.24, 2.45) is 5.92 Å². The number of amides is 2. The number of benzene rings is 2. The largest absolute Gasteiger partial charge is 0.434 e. The molecule has 1 N–H and O–H groups in total. The summed E-state index contributed by atoms with van der Waals surface area (Å²) in [5.74, 6) is -0.377. The molecule has 0 atom stereocenters. The lowest BCUT2D eigenvalue weighted by atomic mass is 9.95. The lowest BCUT2D eigenvalue weighted by molar-refractivity contribution is -0.132. The van der Waals surface area contributed by atoms with Gasteiger partial charge in [-0.2, -0.15) is 8.78 Å². The van der Waals surface area contributed by atoms with E-state index in [2.05, 4.69) is 10.1 Å². The summed E-state index contributed by atoms with van der Waals surface area (Å²) < 4.78 is 29.5. The number of nitrogens with zero attached hydrogens (tertiary/aromatic N) is 1. The first kappa shape index (κ1) is 21.5. The molecule has 1 saturated heterocycles. The van der Waals surface area contributed by atoms with Gasteiger partial charge in [-0.1, -0.05) is 48.5 Å². The molecular weight excluding hydrogens is 390 g/mol. The van der Waals surface area contributed by atoms with Crippen molar-refractivity contribution in [1.82, 2.24) is 10.2 Å². The third-order valence-electron chi connectivity index (χ3n) is 5.04. The van der Waals surface area contributed by atoms with Crippen LogP contribution in [0.15, 0.2) is 60.7 Å². The molecule has 1 aliphatic rings. The van der Waals surface area contributed by atoms with Gasteiger partial charge in [0, 0.05) is 37.2 Å². The van der Waals surface area contributed by atoms with Gasteiger partial charge in [0.25, 0.3) is 0 Å². The second-order valence-electron chi connectivity index (χ2n) is 7.05. The van der Waals surface area contributed by atoms with Gasteiger partial charge in [0.2, 0.25) is 11.8 Å². The zero-order valence-electron chi connectivity index (χ0n) is 16.5. The summed E-state index contributed by atoms with van der Waals surface area (Å²) in [6, 6.07) is 16.0. The number of carbonyl (C=O) groups excluding carboxylic acids is 2. The van der Waals surface area contributed by atoms with Gasteiger partial charge < -0.3 is 15.0 Å². The molecule has 0 saturated carbocycles. The van der Waals surface area contributed by atoms with Gasteiger partial charge in [-0.05, 0) is 30.5 Å². The van der Waals surface area contributed by atoms with Crippen LogP contribution >= 0.6 is 0 Å². The Bertz CT molecular complexity index is 879. The van der Waals surface area contributed by atoms with Crippen molar-refractivity contribution in [2.45, 2.75) is 26.0 Å². The number of likely N-dealkylation sites (tertiary alicyclic amines) is 1. The van der Waals surface area contributed by atoms with E-state index < -0.39 is 6.61 Å². The van der Waals surface area contributed by atoms with E-state index in [9.17, 15) is 18.4 Å². The molecule has 2 amide bonds. The fourth-order valence-corrected chi connectivity index (χ4v) is 3.39. The van der Waals surface area contributed by atoms with E-state index in [-0.39, 0.29) is 30.0 Å². The number of para-hydroxylation sites is 1. The minimum absolute atomic E-state index is 0.0541. The van der Waals surface area contributed by atoms with Crippen LogP contribution in [0.3, 0.4) is 0 Å². The van der Waals surface area contributed by atoms with E-state index in [1.807, 2.05) is 30.3 Å². The maximum Gasteiger partial charge on any atom is 0.387 e. The van der Waals surface area contributed by atoms with E-state index in [4.69, 9.17) is 0 Å². The first-order valence-electron chi connectivity index (χ1n) is 9.85. The number of nitrogens with one attached hydrogen (secondary N) is 1. The summed E-state index contributed by atoms with van der Waals surface area (Å²) in [4.78, 5) is 26.6. The zero-order valence-corrected chi connectivity index (χ0v) is 16.5. The highest BCUT2D eigenvalue weighted by Crippen LogP contribution is 2.21. The van der Waals surface area contributed by atoms with E-state index in [0.717, 1.165) is 5.56 Å². The van der Waals surface area contributed by atoms with Crippen LogP contribution < -0.4 is 10.1 Å². The van der Waals surface area contributed by atoms with Crippen LogP contribution in [0.4, 0.5) is 8.78 Å². The molecule has 1 fully saturated rings. The number of hydrogen-bond donors (Lipinski definition) is 1. The van der Waals surface area contributed by atoms with Gasteiger partial charge in [0.1, 0.15) is 5.75 Å². The van der Waals surface area contributed by atoms with Crippen LogP contribution in [0.1, 0.15) is 24.0 Å². The molecule has 3 rings (SSSR count).